The van der Waals surface area contributed by atoms with Crippen molar-refractivity contribution in [3.8, 4) is 0 Å². The smallest absolute Gasteiger partial charge is 0.174 e. The van der Waals surface area contributed by atoms with E-state index in [0.717, 1.165) is 16.5 Å². The van der Waals surface area contributed by atoms with Crippen molar-refractivity contribution in [2.75, 3.05) is 4.90 Å². The minimum absolute atomic E-state index is 0.0114. The van der Waals surface area contributed by atoms with Crippen LogP contribution in [0.4, 0.5) is 5.69 Å². The summed E-state index contributed by atoms with van der Waals surface area (Å²) < 4.78 is 2.32. The fraction of sp³-hybridized carbons (Fsp3) is 0.304. The molecule has 0 bridgehead atoms. The van der Waals surface area contributed by atoms with Crippen LogP contribution in [0.1, 0.15) is 54.5 Å². The summed E-state index contributed by atoms with van der Waals surface area (Å²) in [6, 6.07) is 17.3. The second-order valence-electron chi connectivity index (χ2n) is 7.70. The number of benzene rings is 1. The van der Waals surface area contributed by atoms with Crippen LogP contribution in [0, 0.1) is 13.8 Å². The van der Waals surface area contributed by atoms with Crippen LogP contribution in [0.5, 0.6) is 0 Å². The van der Waals surface area contributed by atoms with Gasteiger partial charge in [-0.2, -0.15) is 0 Å². The molecule has 1 saturated heterocycles. The maximum Gasteiger partial charge on any atom is 0.174 e. The summed E-state index contributed by atoms with van der Waals surface area (Å²) in [7, 11) is 0. The molecular formula is C23H26N4S. The van der Waals surface area contributed by atoms with Gasteiger partial charge in [0, 0.05) is 29.8 Å². The quantitative estimate of drug-likeness (QED) is 0.616. The molecule has 3 heterocycles. The van der Waals surface area contributed by atoms with Crippen LogP contribution in [0.25, 0.3) is 0 Å². The highest BCUT2D eigenvalue weighted by Gasteiger charge is 2.42. The number of thiocarbonyl (C=S) groups is 1. The molecule has 0 spiro atoms. The molecule has 0 radical (unpaired) electrons. The van der Waals surface area contributed by atoms with Gasteiger partial charge in [0.1, 0.15) is 6.04 Å². The molecule has 1 aromatic carbocycles. The van der Waals surface area contributed by atoms with Crippen molar-refractivity contribution in [3.63, 3.8) is 0 Å². The predicted octanol–water partition coefficient (Wildman–Crippen LogP) is 5.26. The average molecular weight is 391 g/mol. The molecule has 0 aliphatic carbocycles. The molecule has 4 rings (SSSR count). The molecule has 1 fully saturated rings. The zero-order valence-corrected chi connectivity index (χ0v) is 17.6. The van der Waals surface area contributed by atoms with E-state index in [4.69, 9.17) is 12.2 Å². The topological polar surface area (TPSA) is 33.1 Å². The number of pyridine rings is 1. The molecule has 4 nitrogen and oxygen atoms in total. The van der Waals surface area contributed by atoms with Crippen molar-refractivity contribution < 1.29 is 0 Å². The molecule has 1 aliphatic rings. The van der Waals surface area contributed by atoms with E-state index in [1.54, 1.807) is 0 Å². The van der Waals surface area contributed by atoms with Crippen LogP contribution in [-0.4, -0.2) is 14.7 Å². The Kier molecular flexibility index (Phi) is 4.94. The minimum Gasteiger partial charge on any atom is -0.351 e. The lowest BCUT2D eigenvalue weighted by molar-refractivity contribution is 0.497. The van der Waals surface area contributed by atoms with E-state index in [1.165, 1.54) is 16.8 Å². The van der Waals surface area contributed by atoms with Crippen LogP contribution in [0.2, 0.25) is 0 Å². The maximum atomic E-state index is 5.81. The molecule has 3 aromatic rings. The van der Waals surface area contributed by atoms with Gasteiger partial charge in [-0.25, -0.2) is 0 Å². The highest BCUT2D eigenvalue weighted by Crippen LogP contribution is 2.42. The molecule has 28 heavy (non-hydrogen) atoms. The monoisotopic (exact) mass is 390 g/mol. The zero-order chi connectivity index (χ0) is 19.8. The fourth-order valence-corrected chi connectivity index (χ4v) is 4.28. The van der Waals surface area contributed by atoms with Gasteiger partial charge < -0.3 is 14.8 Å². The summed E-state index contributed by atoms with van der Waals surface area (Å²) in [5.74, 6) is 0. The van der Waals surface area contributed by atoms with Gasteiger partial charge in [-0.1, -0.05) is 12.1 Å². The molecule has 1 N–H and O–H groups in total. The van der Waals surface area contributed by atoms with Crippen LogP contribution >= 0.6 is 12.2 Å². The van der Waals surface area contributed by atoms with Crippen LogP contribution in [0.3, 0.4) is 0 Å². The van der Waals surface area contributed by atoms with Crippen LogP contribution in [-0.2, 0) is 0 Å². The van der Waals surface area contributed by atoms with Crippen molar-refractivity contribution in [1.82, 2.24) is 14.9 Å². The Morgan fingerprint density at radius 1 is 1.04 bits per heavy atom. The van der Waals surface area contributed by atoms with Crippen molar-refractivity contribution in [3.05, 3.63) is 83.4 Å². The first-order chi connectivity index (χ1) is 13.5. The van der Waals surface area contributed by atoms with E-state index in [-0.39, 0.29) is 12.1 Å². The lowest BCUT2D eigenvalue weighted by Crippen LogP contribution is -2.30. The number of nitrogens with zero attached hydrogens (tertiary/aromatic N) is 3. The van der Waals surface area contributed by atoms with Crippen molar-refractivity contribution in [2.24, 2.45) is 0 Å². The molecule has 5 heteroatoms. The second kappa shape index (κ2) is 7.40. The Hall–Kier alpha value is -2.66. The summed E-state index contributed by atoms with van der Waals surface area (Å²) in [6.07, 6.45) is 3.99. The molecule has 0 unspecified atom stereocenters. The highest BCUT2D eigenvalue weighted by molar-refractivity contribution is 7.80. The van der Waals surface area contributed by atoms with Gasteiger partial charge in [-0.3, -0.25) is 4.98 Å². The lowest BCUT2D eigenvalue weighted by atomic mass is 10.00. The largest absolute Gasteiger partial charge is 0.351 e. The molecule has 0 saturated carbocycles. The van der Waals surface area contributed by atoms with Gasteiger partial charge in [0.15, 0.2) is 5.11 Å². The third kappa shape index (κ3) is 3.20. The lowest BCUT2D eigenvalue weighted by Gasteiger charge is -2.30. The SMILES string of the molecule is Cc1ccc(N2C(=S)N[C@@H](c3ccccn3)[C@@H]2c2cccn2C(C)C)cc1C. The summed E-state index contributed by atoms with van der Waals surface area (Å²) in [5, 5.41) is 4.28. The number of anilines is 1. The Morgan fingerprint density at radius 3 is 2.54 bits per heavy atom. The van der Waals surface area contributed by atoms with Crippen molar-refractivity contribution >= 4 is 23.0 Å². The van der Waals surface area contributed by atoms with E-state index in [9.17, 15) is 0 Å². The first-order valence-corrected chi connectivity index (χ1v) is 10.1. The Morgan fingerprint density at radius 2 is 1.86 bits per heavy atom. The summed E-state index contributed by atoms with van der Waals surface area (Å²) in [4.78, 5) is 6.88. The average Bonchev–Trinajstić information content (AvgIpc) is 3.29. The van der Waals surface area contributed by atoms with Crippen molar-refractivity contribution in [2.45, 2.75) is 45.8 Å². The summed E-state index contributed by atoms with van der Waals surface area (Å²) >= 11 is 5.81. The van der Waals surface area contributed by atoms with Crippen molar-refractivity contribution in [1.29, 1.82) is 0 Å². The van der Waals surface area contributed by atoms with E-state index in [0.29, 0.717) is 6.04 Å². The highest BCUT2D eigenvalue weighted by atomic mass is 32.1. The van der Waals surface area contributed by atoms with E-state index in [1.807, 2.05) is 18.3 Å². The van der Waals surface area contributed by atoms with E-state index >= 15 is 0 Å². The van der Waals surface area contributed by atoms with Gasteiger partial charge in [0.25, 0.3) is 0 Å². The molecular weight excluding hydrogens is 364 g/mol. The van der Waals surface area contributed by atoms with Gasteiger partial charge >= 0.3 is 0 Å². The fourth-order valence-electron chi connectivity index (χ4n) is 3.94. The number of rotatable bonds is 4. The molecule has 2 aromatic heterocycles. The molecule has 0 amide bonds. The van der Waals surface area contributed by atoms with Gasteiger partial charge in [0.2, 0.25) is 0 Å². The van der Waals surface area contributed by atoms with E-state index < -0.39 is 0 Å². The number of hydrogen-bond donors (Lipinski definition) is 1. The molecule has 1 aliphatic heterocycles. The van der Waals surface area contributed by atoms with Crippen LogP contribution < -0.4 is 10.2 Å². The number of nitrogens with one attached hydrogen (secondary N) is 1. The predicted molar refractivity (Wildman–Crippen MR) is 119 cm³/mol. The standard InChI is InChI=1S/C23H26N4S/c1-15(2)26-13-7-9-20(26)22-21(19-8-5-6-12-24-19)25-23(28)27(22)18-11-10-16(3)17(4)14-18/h5-15,21-22H,1-4H3,(H,25,28)/t21-,22-/m0/s1. The number of hydrogen-bond acceptors (Lipinski definition) is 2. The number of aromatic nitrogens is 2. The molecule has 144 valence electrons. The Bertz CT molecular complexity index is 993. The molecule has 2 atom stereocenters. The van der Waals surface area contributed by atoms with Gasteiger partial charge in [-0.15, -0.1) is 0 Å². The Balaban J connectivity index is 1.87. The number of aryl methyl sites for hydroxylation is 2. The maximum absolute atomic E-state index is 5.81. The third-order valence-electron chi connectivity index (χ3n) is 5.54. The van der Waals surface area contributed by atoms with Gasteiger partial charge in [-0.05, 0) is 87.4 Å². The first-order valence-electron chi connectivity index (χ1n) is 9.72. The van der Waals surface area contributed by atoms with Gasteiger partial charge in [0.05, 0.1) is 11.7 Å². The van der Waals surface area contributed by atoms with E-state index in [2.05, 4.69) is 90.1 Å². The third-order valence-corrected chi connectivity index (χ3v) is 5.85. The van der Waals surface area contributed by atoms with Crippen LogP contribution in [0.15, 0.2) is 60.9 Å². The second-order valence-corrected chi connectivity index (χ2v) is 8.09. The summed E-state index contributed by atoms with van der Waals surface area (Å²) in [6.45, 7) is 8.70. The minimum atomic E-state index is -0.0114. The first kappa shape index (κ1) is 18.7. The summed E-state index contributed by atoms with van der Waals surface area (Å²) in [5.41, 5.74) is 5.89. The Labute approximate surface area is 172 Å². The zero-order valence-electron chi connectivity index (χ0n) is 16.8. The normalized spacial score (nSPS) is 19.3.